The Bertz CT molecular complexity index is 974. The van der Waals surface area contributed by atoms with Crippen LogP contribution in [0.15, 0.2) is 78.9 Å². The highest BCUT2D eigenvalue weighted by atomic mass is 31.2. The molecule has 0 bridgehead atoms. The van der Waals surface area contributed by atoms with Gasteiger partial charge in [0.25, 0.3) is 7.37 Å². The van der Waals surface area contributed by atoms with E-state index in [0.717, 1.165) is 22.7 Å². The van der Waals surface area contributed by atoms with E-state index in [1.807, 2.05) is 105 Å². The first-order valence-corrected chi connectivity index (χ1v) is 11.6. The lowest BCUT2D eigenvalue weighted by Crippen LogP contribution is -2.21. The molecule has 0 heterocycles. The summed E-state index contributed by atoms with van der Waals surface area (Å²) in [7, 11) is 2.28. The fourth-order valence-corrected chi connectivity index (χ4v) is 5.72. The van der Waals surface area contributed by atoms with Crippen molar-refractivity contribution in [2.24, 2.45) is 0 Å². The minimum Gasteiger partial charge on any atom is -0.497 e. The van der Waals surface area contributed by atoms with E-state index in [0.29, 0.717) is 11.9 Å². The van der Waals surface area contributed by atoms with Gasteiger partial charge in [-0.1, -0.05) is 30.3 Å². The lowest BCUT2D eigenvalue weighted by Gasteiger charge is -2.30. The molecule has 0 aliphatic carbocycles. The second kappa shape index (κ2) is 9.84. The minimum absolute atomic E-state index is 0.343. The maximum atomic E-state index is 14.4. The molecule has 3 rings (SSSR count). The molecule has 30 heavy (non-hydrogen) atoms. The molecule has 0 aliphatic heterocycles. The summed E-state index contributed by atoms with van der Waals surface area (Å²) >= 11 is 0. The van der Waals surface area contributed by atoms with Crippen LogP contribution in [0.5, 0.6) is 5.75 Å². The SMILES string of the molecule is CCO[P@@](=O)(c1ccc(N(C)C)cc1)[C@H](Nc1ccccc1)c1ccc(OC)cc1. The first kappa shape index (κ1) is 21.9. The standard InChI is InChI=1S/C24H29N2O3P/c1-5-29-30(27,23-17-13-21(14-18-23)26(2)3)24(25-20-9-7-6-8-10-20)19-11-15-22(28-4)16-12-19/h6-18,24-25H,5H2,1-4H3/t24-,30-/m0/s1. The molecule has 0 radical (unpaired) electrons. The van der Waals surface area contributed by atoms with Crippen LogP contribution >= 0.6 is 7.37 Å². The molecule has 5 nitrogen and oxygen atoms in total. The first-order chi connectivity index (χ1) is 14.5. The number of para-hydroxylation sites is 1. The summed E-state index contributed by atoms with van der Waals surface area (Å²) in [6.45, 7) is 2.21. The van der Waals surface area contributed by atoms with E-state index in [9.17, 15) is 4.57 Å². The number of hydrogen-bond acceptors (Lipinski definition) is 5. The van der Waals surface area contributed by atoms with Crippen molar-refractivity contribution in [2.75, 3.05) is 38.0 Å². The zero-order valence-corrected chi connectivity index (χ0v) is 18.8. The van der Waals surface area contributed by atoms with Crippen LogP contribution in [0.3, 0.4) is 0 Å². The summed E-state index contributed by atoms with van der Waals surface area (Å²) in [4.78, 5) is 2.01. The maximum Gasteiger partial charge on any atom is 0.258 e. The van der Waals surface area contributed by atoms with Crippen molar-refractivity contribution < 1.29 is 13.8 Å². The summed E-state index contributed by atoms with van der Waals surface area (Å²) in [5.41, 5.74) is 2.79. The number of benzene rings is 3. The second-order valence-corrected chi connectivity index (χ2v) is 9.60. The molecule has 6 heteroatoms. The molecular formula is C24H29N2O3P. The predicted octanol–water partition coefficient (Wildman–Crippen LogP) is 5.51. The van der Waals surface area contributed by atoms with Crippen molar-refractivity contribution in [3.05, 3.63) is 84.4 Å². The van der Waals surface area contributed by atoms with Crippen LogP contribution in [0.1, 0.15) is 18.3 Å². The van der Waals surface area contributed by atoms with Gasteiger partial charge in [-0.25, -0.2) is 0 Å². The van der Waals surface area contributed by atoms with E-state index in [-0.39, 0.29) is 0 Å². The van der Waals surface area contributed by atoms with Crippen LogP contribution in [-0.2, 0) is 9.09 Å². The van der Waals surface area contributed by atoms with Gasteiger partial charge in [0.2, 0.25) is 0 Å². The Hall–Kier alpha value is -2.75. The van der Waals surface area contributed by atoms with Gasteiger partial charge in [-0.3, -0.25) is 4.57 Å². The Morgan fingerprint density at radius 1 is 0.933 bits per heavy atom. The fourth-order valence-electron chi connectivity index (χ4n) is 3.29. The summed E-state index contributed by atoms with van der Waals surface area (Å²) in [5, 5.41) is 4.13. The Morgan fingerprint density at radius 3 is 2.10 bits per heavy atom. The van der Waals surface area contributed by atoms with Crippen molar-refractivity contribution >= 4 is 24.0 Å². The van der Waals surface area contributed by atoms with Crippen molar-refractivity contribution in [2.45, 2.75) is 12.7 Å². The van der Waals surface area contributed by atoms with Crippen molar-refractivity contribution in [1.29, 1.82) is 0 Å². The predicted molar refractivity (Wildman–Crippen MR) is 125 cm³/mol. The van der Waals surface area contributed by atoms with Gasteiger partial charge in [-0.15, -0.1) is 0 Å². The Balaban J connectivity index is 2.09. The molecule has 2 atom stereocenters. The molecule has 3 aromatic carbocycles. The third-order valence-corrected chi connectivity index (χ3v) is 7.66. The van der Waals surface area contributed by atoms with Gasteiger partial charge >= 0.3 is 0 Å². The number of hydrogen-bond donors (Lipinski definition) is 1. The molecule has 0 unspecified atom stereocenters. The molecule has 158 valence electrons. The molecule has 0 spiro atoms. The first-order valence-electron chi connectivity index (χ1n) is 9.95. The third-order valence-electron chi connectivity index (χ3n) is 4.90. The molecular weight excluding hydrogens is 395 g/mol. The van der Waals surface area contributed by atoms with E-state index in [1.165, 1.54) is 0 Å². The summed E-state index contributed by atoms with van der Waals surface area (Å²) in [5.74, 6) is 0.203. The molecule has 3 aromatic rings. The number of nitrogens with zero attached hydrogens (tertiary/aromatic N) is 1. The van der Waals surface area contributed by atoms with Gasteiger partial charge in [0, 0.05) is 30.8 Å². The van der Waals surface area contributed by atoms with Crippen molar-refractivity contribution in [3.8, 4) is 5.75 Å². The van der Waals surface area contributed by atoms with Gasteiger partial charge in [0.1, 0.15) is 11.5 Å². The van der Waals surface area contributed by atoms with Crippen molar-refractivity contribution in [3.63, 3.8) is 0 Å². The molecule has 0 aromatic heterocycles. The largest absolute Gasteiger partial charge is 0.497 e. The normalized spacial score (nSPS) is 13.9. The monoisotopic (exact) mass is 424 g/mol. The van der Waals surface area contributed by atoms with Gasteiger partial charge < -0.3 is 19.5 Å². The average Bonchev–Trinajstić information content (AvgIpc) is 2.78. The zero-order valence-electron chi connectivity index (χ0n) is 17.9. The Labute approximate surface area is 179 Å². The molecule has 0 saturated carbocycles. The van der Waals surface area contributed by atoms with Crippen LogP contribution in [0, 0.1) is 0 Å². The molecule has 0 aliphatic rings. The Kier molecular flexibility index (Phi) is 7.20. The summed E-state index contributed by atoms with van der Waals surface area (Å²) in [6.07, 6.45) is 0. The molecule has 0 amide bonds. The van der Waals surface area contributed by atoms with Crippen LogP contribution in [-0.4, -0.2) is 27.8 Å². The second-order valence-electron chi connectivity index (χ2n) is 7.11. The molecule has 0 fully saturated rings. The van der Waals surface area contributed by atoms with Gasteiger partial charge in [0.15, 0.2) is 0 Å². The van der Waals surface area contributed by atoms with Gasteiger partial charge in [0.05, 0.1) is 13.7 Å². The highest BCUT2D eigenvalue weighted by molar-refractivity contribution is 7.67. The number of methoxy groups -OCH3 is 1. The van der Waals surface area contributed by atoms with E-state index < -0.39 is 13.2 Å². The number of anilines is 2. The van der Waals surface area contributed by atoms with E-state index in [2.05, 4.69) is 5.32 Å². The number of rotatable bonds is 9. The molecule has 1 N–H and O–H groups in total. The van der Waals surface area contributed by atoms with E-state index in [1.54, 1.807) is 7.11 Å². The number of ether oxygens (including phenoxy) is 1. The fraction of sp³-hybridized carbons (Fsp3) is 0.250. The summed E-state index contributed by atoms with van der Waals surface area (Å²) in [6, 6.07) is 25.1. The van der Waals surface area contributed by atoms with Crippen LogP contribution in [0.2, 0.25) is 0 Å². The van der Waals surface area contributed by atoms with Crippen LogP contribution < -0.4 is 20.3 Å². The highest BCUT2D eigenvalue weighted by Gasteiger charge is 2.37. The van der Waals surface area contributed by atoms with Gasteiger partial charge in [-0.2, -0.15) is 0 Å². The highest BCUT2D eigenvalue weighted by Crippen LogP contribution is 2.59. The number of nitrogens with one attached hydrogen (secondary N) is 1. The quantitative estimate of drug-likeness (QED) is 0.459. The summed E-state index contributed by atoms with van der Waals surface area (Å²) < 4.78 is 25.7. The smallest absolute Gasteiger partial charge is 0.258 e. The lowest BCUT2D eigenvalue weighted by molar-refractivity contribution is 0.335. The van der Waals surface area contributed by atoms with E-state index in [4.69, 9.17) is 9.26 Å². The molecule has 0 saturated heterocycles. The zero-order chi connectivity index (χ0) is 21.6. The van der Waals surface area contributed by atoms with Crippen molar-refractivity contribution in [1.82, 2.24) is 0 Å². The van der Waals surface area contributed by atoms with Crippen LogP contribution in [0.25, 0.3) is 0 Å². The maximum absolute atomic E-state index is 14.4. The van der Waals surface area contributed by atoms with Crippen LogP contribution in [0.4, 0.5) is 11.4 Å². The van der Waals surface area contributed by atoms with Gasteiger partial charge in [-0.05, 0) is 61.0 Å². The topological polar surface area (TPSA) is 50.8 Å². The third kappa shape index (κ3) is 4.86. The minimum atomic E-state index is -3.31. The van der Waals surface area contributed by atoms with E-state index >= 15 is 0 Å². The Morgan fingerprint density at radius 2 is 1.57 bits per heavy atom. The average molecular weight is 424 g/mol. The lowest BCUT2D eigenvalue weighted by atomic mass is 10.2.